The van der Waals surface area contributed by atoms with Crippen molar-refractivity contribution in [3.8, 4) is 10.6 Å². The highest BCUT2D eigenvalue weighted by molar-refractivity contribution is 7.14. The molecule has 0 aliphatic rings. The van der Waals surface area contributed by atoms with Gasteiger partial charge < -0.3 is 5.11 Å². The van der Waals surface area contributed by atoms with Crippen LogP contribution in [0.3, 0.4) is 0 Å². The molecule has 0 saturated heterocycles. The van der Waals surface area contributed by atoms with E-state index in [-0.39, 0.29) is 5.92 Å². The lowest BCUT2D eigenvalue weighted by Crippen LogP contribution is -2.17. The fourth-order valence-electron chi connectivity index (χ4n) is 2.80. The molecule has 0 bridgehead atoms. The Morgan fingerprint density at radius 2 is 1.92 bits per heavy atom. The van der Waals surface area contributed by atoms with Gasteiger partial charge >= 0.3 is 0 Å². The van der Waals surface area contributed by atoms with Gasteiger partial charge in [0, 0.05) is 11.5 Å². The molecular formula is C20H18ClN3OS. The van der Waals surface area contributed by atoms with Crippen LogP contribution >= 0.6 is 22.9 Å². The van der Waals surface area contributed by atoms with Crippen molar-refractivity contribution in [2.45, 2.75) is 32.3 Å². The zero-order chi connectivity index (χ0) is 18.7. The number of hydrogen-bond donors (Lipinski definition) is 1. The minimum Gasteiger partial charge on any atom is -0.393 e. The number of hydrogen-bond acceptors (Lipinski definition) is 4. The van der Waals surface area contributed by atoms with Gasteiger partial charge in [0.1, 0.15) is 10.0 Å². The van der Waals surface area contributed by atoms with Gasteiger partial charge in [-0.05, 0) is 31.4 Å². The van der Waals surface area contributed by atoms with Crippen LogP contribution in [0.25, 0.3) is 15.4 Å². The Bertz CT molecular complexity index is 947. The van der Waals surface area contributed by atoms with Gasteiger partial charge in [0.25, 0.3) is 0 Å². The van der Waals surface area contributed by atoms with Crippen LogP contribution in [-0.4, -0.2) is 21.4 Å². The second-order valence-corrected chi connectivity index (χ2v) is 7.54. The van der Waals surface area contributed by atoms with Crippen LogP contribution in [0, 0.1) is 13.5 Å². The molecule has 3 aromatic rings. The Morgan fingerprint density at radius 1 is 1.19 bits per heavy atom. The number of aliphatic hydroxyl groups excluding tert-OH is 1. The van der Waals surface area contributed by atoms with Gasteiger partial charge in [0.15, 0.2) is 0 Å². The smallest absolute Gasteiger partial charge is 0.205 e. The number of benzene rings is 2. The summed E-state index contributed by atoms with van der Waals surface area (Å²) in [4.78, 5) is 3.43. The van der Waals surface area contributed by atoms with Crippen molar-refractivity contribution in [2.75, 3.05) is 0 Å². The summed E-state index contributed by atoms with van der Waals surface area (Å²) in [6.45, 7) is 10.8. The van der Waals surface area contributed by atoms with Crippen molar-refractivity contribution in [3.63, 3.8) is 0 Å². The normalized spacial score (nSPS) is 13.2. The highest BCUT2D eigenvalue weighted by Crippen LogP contribution is 2.35. The third-order valence-corrected chi connectivity index (χ3v) is 5.98. The predicted octanol–water partition coefficient (Wildman–Crippen LogP) is 5.42. The van der Waals surface area contributed by atoms with E-state index in [2.05, 4.69) is 15.0 Å². The molecule has 0 unspecified atom stereocenters. The van der Waals surface area contributed by atoms with E-state index in [1.54, 1.807) is 13.0 Å². The standard InChI is InChI=1S/C20H18ClN3OS/c1-12-15(9-10-17(22-3)18(12)21)11-16(13(2)25)20-24-23-19(26-20)14-7-5-4-6-8-14/h4-10,13,16,25H,11H2,1-2H3/t13-,16+/m0/s1. The second-order valence-electron chi connectivity index (χ2n) is 6.16. The van der Waals surface area contributed by atoms with Crippen LogP contribution in [-0.2, 0) is 6.42 Å². The lowest BCUT2D eigenvalue weighted by molar-refractivity contribution is 0.161. The lowest BCUT2D eigenvalue weighted by atomic mass is 9.92. The molecule has 0 radical (unpaired) electrons. The van der Waals surface area contributed by atoms with Crippen molar-refractivity contribution < 1.29 is 5.11 Å². The summed E-state index contributed by atoms with van der Waals surface area (Å²) in [7, 11) is 0. The molecule has 0 amide bonds. The Labute approximate surface area is 161 Å². The van der Waals surface area contributed by atoms with Gasteiger partial charge in [0.2, 0.25) is 5.69 Å². The third kappa shape index (κ3) is 3.78. The number of halogens is 1. The summed E-state index contributed by atoms with van der Waals surface area (Å²) in [6.07, 6.45) is 0.00978. The first kappa shape index (κ1) is 18.5. The highest BCUT2D eigenvalue weighted by Gasteiger charge is 2.24. The van der Waals surface area contributed by atoms with Crippen molar-refractivity contribution >= 4 is 28.6 Å². The van der Waals surface area contributed by atoms with E-state index in [1.165, 1.54) is 11.3 Å². The zero-order valence-electron chi connectivity index (χ0n) is 14.5. The Morgan fingerprint density at radius 3 is 2.58 bits per heavy atom. The first-order valence-electron chi connectivity index (χ1n) is 8.23. The quantitative estimate of drug-likeness (QED) is 0.598. The monoisotopic (exact) mass is 383 g/mol. The fraction of sp³-hybridized carbons (Fsp3) is 0.250. The number of nitrogens with zero attached hydrogens (tertiary/aromatic N) is 3. The third-order valence-electron chi connectivity index (χ3n) is 4.40. The average molecular weight is 384 g/mol. The van der Waals surface area contributed by atoms with Crippen molar-refractivity contribution in [1.29, 1.82) is 0 Å². The van der Waals surface area contributed by atoms with E-state index in [0.717, 1.165) is 26.7 Å². The van der Waals surface area contributed by atoms with Gasteiger partial charge in [-0.25, -0.2) is 4.85 Å². The highest BCUT2D eigenvalue weighted by atomic mass is 35.5. The summed E-state index contributed by atoms with van der Waals surface area (Å²) in [5.74, 6) is -0.182. The molecule has 1 aromatic heterocycles. The number of aliphatic hydroxyl groups is 1. The molecule has 2 atom stereocenters. The molecule has 0 aliphatic carbocycles. The fourth-order valence-corrected chi connectivity index (χ4v) is 4.07. The summed E-state index contributed by atoms with van der Waals surface area (Å²) < 4.78 is 0. The predicted molar refractivity (Wildman–Crippen MR) is 106 cm³/mol. The topological polar surface area (TPSA) is 50.4 Å². The molecule has 0 spiro atoms. The second kappa shape index (κ2) is 7.96. The van der Waals surface area contributed by atoms with E-state index in [9.17, 15) is 5.11 Å². The maximum absolute atomic E-state index is 10.3. The first-order valence-corrected chi connectivity index (χ1v) is 9.43. The Kier molecular flexibility index (Phi) is 5.67. The van der Waals surface area contributed by atoms with Crippen LogP contribution < -0.4 is 0 Å². The number of aromatic nitrogens is 2. The zero-order valence-corrected chi connectivity index (χ0v) is 16.1. The molecule has 26 heavy (non-hydrogen) atoms. The van der Waals surface area contributed by atoms with Crippen molar-refractivity contribution in [3.05, 3.63) is 75.0 Å². The van der Waals surface area contributed by atoms with E-state index >= 15 is 0 Å². The molecule has 2 aromatic carbocycles. The lowest BCUT2D eigenvalue weighted by Gasteiger charge is -2.19. The van der Waals surface area contributed by atoms with Gasteiger partial charge in [-0.1, -0.05) is 65.4 Å². The Balaban J connectivity index is 1.91. The largest absolute Gasteiger partial charge is 0.393 e. The summed E-state index contributed by atoms with van der Waals surface area (Å²) >= 11 is 7.79. The van der Waals surface area contributed by atoms with Crippen LogP contribution in [0.5, 0.6) is 0 Å². The average Bonchev–Trinajstić information content (AvgIpc) is 3.13. The molecule has 1 heterocycles. The van der Waals surface area contributed by atoms with Gasteiger partial charge in [-0.2, -0.15) is 0 Å². The number of rotatable bonds is 5. The molecule has 0 saturated carbocycles. The Hall–Kier alpha value is -2.26. The van der Waals surface area contributed by atoms with Crippen LogP contribution in [0.15, 0.2) is 42.5 Å². The first-order chi connectivity index (χ1) is 12.5. The van der Waals surface area contributed by atoms with Gasteiger partial charge in [-0.15, -0.1) is 10.2 Å². The molecule has 0 fully saturated rings. The SMILES string of the molecule is [C-]#[N+]c1ccc(C[C@@H](c2nnc(-c3ccccc3)s2)[C@H](C)O)c(C)c1Cl. The van der Waals surface area contributed by atoms with E-state index < -0.39 is 6.10 Å². The van der Waals surface area contributed by atoms with Crippen LogP contribution in [0.1, 0.15) is 29.0 Å². The van der Waals surface area contributed by atoms with Crippen LogP contribution in [0.2, 0.25) is 5.02 Å². The minimum absolute atomic E-state index is 0.182. The van der Waals surface area contributed by atoms with Crippen molar-refractivity contribution in [2.24, 2.45) is 0 Å². The summed E-state index contributed by atoms with van der Waals surface area (Å²) in [5.41, 5.74) is 3.34. The van der Waals surface area contributed by atoms with Gasteiger partial charge in [0.05, 0.1) is 17.7 Å². The molecule has 1 N–H and O–H groups in total. The van der Waals surface area contributed by atoms with Crippen LogP contribution in [0.4, 0.5) is 5.69 Å². The molecule has 6 heteroatoms. The van der Waals surface area contributed by atoms with Crippen molar-refractivity contribution in [1.82, 2.24) is 10.2 Å². The van der Waals surface area contributed by atoms with E-state index in [4.69, 9.17) is 18.2 Å². The molecule has 4 nitrogen and oxygen atoms in total. The maximum atomic E-state index is 10.3. The van der Waals surface area contributed by atoms with E-state index in [1.807, 2.05) is 43.3 Å². The van der Waals surface area contributed by atoms with Gasteiger partial charge in [-0.3, -0.25) is 0 Å². The van der Waals surface area contributed by atoms with E-state index in [0.29, 0.717) is 17.1 Å². The molecule has 0 aliphatic heterocycles. The molecule has 132 valence electrons. The maximum Gasteiger partial charge on any atom is 0.205 e. The minimum atomic E-state index is -0.578. The summed E-state index contributed by atoms with van der Waals surface area (Å²) in [6, 6.07) is 13.5. The summed E-state index contributed by atoms with van der Waals surface area (Å²) in [5, 5.41) is 21.0. The molecule has 3 rings (SSSR count). The molecular weight excluding hydrogens is 366 g/mol.